The number of aromatic nitrogens is 1. The molecule has 1 saturated heterocycles. The number of nitrogens with one attached hydrogen (secondary N) is 1. The topological polar surface area (TPSA) is 28.2 Å². The highest BCUT2D eigenvalue weighted by Crippen LogP contribution is 2.23. The molecule has 1 aliphatic rings. The zero-order chi connectivity index (χ0) is 12.3. The molecule has 1 aromatic heterocycles. The van der Waals surface area contributed by atoms with Gasteiger partial charge in [-0.1, -0.05) is 6.92 Å². The molecule has 2 unspecified atom stereocenters. The summed E-state index contributed by atoms with van der Waals surface area (Å²) < 4.78 is 12.9. The van der Waals surface area contributed by atoms with Gasteiger partial charge in [-0.25, -0.2) is 4.39 Å². The van der Waals surface area contributed by atoms with E-state index in [1.165, 1.54) is 12.3 Å². The van der Waals surface area contributed by atoms with E-state index in [-0.39, 0.29) is 5.82 Å². The Morgan fingerprint density at radius 3 is 3.00 bits per heavy atom. The molecule has 0 saturated carbocycles. The van der Waals surface area contributed by atoms with Gasteiger partial charge in [-0.3, -0.25) is 9.88 Å². The first-order chi connectivity index (χ1) is 8.20. The van der Waals surface area contributed by atoms with E-state index in [0.29, 0.717) is 12.1 Å². The summed E-state index contributed by atoms with van der Waals surface area (Å²) in [6, 6.07) is 4.12. The Bertz CT molecular complexity index is 352. The quantitative estimate of drug-likeness (QED) is 0.871. The fraction of sp³-hybridized carbons (Fsp3) is 0.615. The van der Waals surface area contributed by atoms with Crippen LogP contribution in [0, 0.1) is 5.82 Å². The first-order valence-corrected chi connectivity index (χ1v) is 6.29. The van der Waals surface area contributed by atoms with Gasteiger partial charge < -0.3 is 5.32 Å². The third-order valence-electron chi connectivity index (χ3n) is 3.32. The molecule has 0 aromatic carbocycles. The van der Waals surface area contributed by atoms with Crippen LogP contribution >= 0.6 is 0 Å². The van der Waals surface area contributed by atoms with Crippen molar-refractivity contribution in [2.75, 3.05) is 19.6 Å². The minimum atomic E-state index is -0.266. The summed E-state index contributed by atoms with van der Waals surface area (Å²) in [6.07, 6.45) is 2.31. The summed E-state index contributed by atoms with van der Waals surface area (Å²) in [5.41, 5.74) is 0.975. The molecule has 1 fully saturated rings. The maximum Gasteiger partial charge on any atom is 0.141 e. The molecule has 0 aliphatic carbocycles. The molecule has 94 valence electrons. The zero-order valence-corrected chi connectivity index (χ0v) is 10.5. The second-order valence-electron chi connectivity index (χ2n) is 4.68. The van der Waals surface area contributed by atoms with Crippen LogP contribution in [0.2, 0.25) is 0 Å². The summed E-state index contributed by atoms with van der Waals surface area (Å²) in [5, 5.41) is 3.43. The normalized spacial score (nSPS) is 23.6. The van der Waals surface area contributed by atoms with Crippen molar-refractivity contribution in [3.8, 4) is 0 Å². The first kappa shape index (κ1) is 12.5. The molecule has 4 heteroatoms. The zero-order valence-electron chi connectivity index (χ0n) is 10.5. The van der Waals surface area contributed by atoms with Gasteiger partial charge in [-0.05, 0) is 25.5 Å². The number of halogens is 1. The van der Waals surface area contributed by atoms with E-state index in [0.717, 1.165) is 31.7 Å². The Hall–Kier alpha value is -1.00. The monoisotopic (exact) mass is 237 g/mol. The lowest BCUT2D eigenvalue weighted by Gasteiger charge is -2.37. The summed E-state index contributed by atoms with van der Waals surface area (Å²) >= 11 is 0. The van der Waals surface area contributed by atoms with E-state index >= 15 is 0 Å². The van der Waals surface area contributed by atoms with Gasteiger partial charge in [0.15, 0.2) is 0 Å². The largest absolute Gasteiger partial charge is 0.312 e. The maximum atomic E-state index is 12.9. The van der Waals surface area contributed by atoms with E-state index in [1.807, 2.05) is 0 Å². The highest BCUT2D eigenvalue weighted by molar-refractivity contribution is 5.10. The van der Waals surface area contributed by atoms with E-state index < -0.39 is 0 Å². The van der Waals surface area contributed by atoms with E-state index in [4.69, 9.17) is 0 Å². The highest BCUT2D eigenvalue weighted by atomic mass is 19.1. The molecule has 0 radical (unpaired) electrons. The molecule has 0 amide bonds. The van der Waals surface area contributed by atoms with Gasteiger partial charge in [-0.15, -0.1) is 0 Å². The average molecular weight is 237 g/mol. The number of hydrogen-bond acceptors (Lipinski definition) is 3. The number of pyridine rings is 1. The third-order valence-corrected chi connectivity index (χ3v) is 3.32. The van der Waals surface area contributed by atoms with E-state index in [9.17, 15) is 4.39 Å². The van der Waals surface area contributed by atoms with Gasteiger partial charge in [0.25, 0.3) is 0 Å². The fourth-order valence-corrected chi connectivity index (χ4v) is 2.48. The summed E-state index contributed by atoms with van der Waals surface area (Å²) in [5.74, 6) is -0.266. The Labute approximate surface area is 102 Å². The fourth-order valence-electron chi connectivity index (χ4n) is 2.48. The lowest BCUT2D eigenvalue weighted by Crippen LogP contribution is -2.50. The number of piperazine rings is 1. The molecule has 0 spiro atoms. The molecule has 1 aromatic rings. The smallest absolute Gasteiger partial charge is 0.141 e. The lowest BCUT2D eigenvalue weighted by atomic mass is 10.1. The summed E-state index contributed by atoms with van der Waals surface area (Å²) in [7, 11) is 0. The van der Waals surface area contributed by atoms with Crippen LogP contribution < -0.4 is 5.32 Å². The standard InChI is InChI=1S/C13H20FN3/c1-3-13(12-5-4-11(14)8-16-12)17-7-6-15-10(2)9-17/h4-5,8,10,13,15H,3,6-7,9H2,1-2H3. The SMILES string of the molecule is CCC(c1ccc(F)cn1)N1CCNC(C)C1. The van der Waals surface area contributed by atoms with Crippen molar-refractivity contribution in [1.29, 1.82) is 0 Å². The van der Waals surface area contributed by atoms with Gasteiger partial charge >= 0.3 is 0 Å². The second-order valence-corrected chi connectivity index (χ2v) is 4.68. The second kappa shape index (κ2) is 5.56. The van der Waals surface area contributed by atoms with Crippen molar-refractivity contribution < 1.29 is 4.39 Å². The number of hydrogen-bond donors (Lipinski definition) is 1. The van der Waals surface area contributed by atoms with Crippen LogP contribution in [-0.2, 0) is 0 Å². The minimum Gasteiger partial charge on any atom is -0.312 e. The van der Waals surface area contributed by atoms with Gasteiger partial charge in [0.05, 0.1) is 17.9 Å². The average Bonchev–Trinajstić information content (AvgIpc) is 2.33. The van der Waals surface area contributed by atoms with Crippen LogP contribution in [0.4, 0.5) is 4.39 Å². The first-order valence-electron chi connectivity index (χ1n) is 6.29. The van der Waals surface area contributed by atoms with Crippen LogP contribution in [0.1, 0.15) is 32.0 Å². The van der Waals surface area contributed by atoms with E-state index in [1.54, 1.807) is 6.07 Å². The van der Waals surface area contributed by atoms with Crippen molar-refractivity contribution in [1.82, 2.24) is 15.2 Å². The molecule has 17 heavy (non-hydrogen) atoms. The van der Waals surface area contributed by atoms with Crippen molar-refractivity contribution in [2.24, 2.45) is 0 Å². The van der Waals surface area contributed by atoms with Crippen molar-refractivity contribution in [3.05, 3.63) is 29.8 Å². The van der Waals surface area contributed by atoms with Gasteiger partial charge in [0.2, 0.25) is 0 Å². The lowest BCUT2D eigenvalue weighted by molar-refractivity contribution is 0.142. The molecule has 2 atom stereocenters. The van der Waals surface area contributed by atoms with Crippen LogP contribution in [0.25, 0.3) is 0 Å². The summed E-state index contributed by atoms with van der Waals surface area (Å²) in [4.78, 5) is 6.64. The maximum absolute atomic E-state index is 12.9. The Morgan fingerprint density at radius 1 is 1.59 bits per heavy atom. The predicted octanol–water partition coefficient (Wildman–Crippen LogP) is 1.97. The summed E-state index contributed by atoms with van der Waals surface area (Å²) in [6.45, 7) is 7.41. The van der Waals surface area contributed by atoms with Crippen LogP contribution in [0.5, 0.6) is 0 Å². The van der Waals surface area contributed by atoms with Gasteiger partial charge in [0, 0.05) is 25.7 Å². The number of nitrogens with zero attached hydrogens (tertiary/aromatic N) is 2. The van der Waals surface area contributed by atoms with Gasteiger partial charge in [0.1, 0.15) is 5.82 Å². The molecule has 1 N–H and O–H groups in total. The minimum absolute atomic E-state index is 0.266. The van der Waals surface area contributed by atoms with Crippen molar-refractivity contribution in [3.63, 3.8) is 0 Å². The highest BCUT2D eigenvalue weighted by Gasteiger charge is 2.24. The van der Waals surface area contributed by atoms with Crippen LogP contribution in [-0.4, -0.2) is 35.6 Å². The molecular weight excluding hydrogens is 217 g/mol. The molecule has 2 rings (SSSR count). The molecular formula is C13H20FN3. The molecule has 2 heterocycles. The Balaban J connectivity index is 2.12. The number of rotatable bonds is 3. The van der Waals surface area contributed by atoms with Crippen LogP contribution in [0.3, 0.4) is 0 Å². The molecule has 1 aliphatic heterocycles. The van der Waals surface area contributed by atoms with Crippen molar-refractivity contribution >= 4 is 0 Å². The van der Waals surface area contributed by atoms with Crippen molar-refractivity contribution in [2.45, 2.75) is 32.4 Å². The Kier molecular flexibility index (Phi) is 4.07. The van der Waals surface area contributed by atoms with Crippen LogP contribution in [0.15, 0.2) is 18.3 Å². The van der Waals surface area contributed by atoms with E-state index in [2.05, 4.69) is 29.0 Å². The molecule has 3 nitrogen and oxygen atoms in total. The molecule has 0 bridgehead atoms. The predicted molar refractivity (Wildman–Crippen MR) is 66.3 cm³/mol. The third kappa shape index (κ3) is 3.01. The van der Waals surface area contributed by atoms with Gasteiger partial charge in [-0.2, -0.15) is 0 Å². The Morgan fingerprint density at radius 2 is 2.41 bits per heavy atom.